The summed E-state index contributed by atoms with van der Waals surface area (Å²) in [5.41, 5.74) is 7.15. The molecular weight excluding hydrogens is 265 g/mol. The zero-order chi connectivity index (χ0) is 15.2. The van der Waals surface area contributed by atoms with Crippen LogP contribution in [-0.4, -0.2) is 24.5 Å². The van der Waals surface area contributed by atoms with Crippen LogP contribution in [0.2, 0.25) is 0 Å². The zero-order valence-corrected chi connectivity index (χ0v) is 12.7. The van der Waals surface area contributed by atoms with Gasteiger partial charge in [0.05, 0.1) is 5.56 Å². The second-order valence-electron chi connectivity index (χ2n) is 5.82. The molecule has 1 fully saturated rings. The monoisotopic (exact) mass is 289 g/mol. The molecule has 1 aliphatic rings. The van der Waals surface area contributed by atoms with E-state index in [-0.39, 0.29) is 11.6 Å². The van der Waals surface area contributed by atoms with Crippen LogP contribution in [0.3, 0.4) is 0 Å². The molecule has 3 nitrogen and oxygen atoms in total. The summed E-state index contributed by atoms with van der Waals surface area (Å²) in [6.07, 6.45) is 4.55. The molecular formula is C17H24FN3. The third kappa shape index (κ3) is 3.61. The number of rotatable bonds is 4. The van der Waals surface area contributed by atoms with E-state index in [2.05, 4.69) is 11.8 Å². The highest BCUT2D eigenvalue weighted by Gasteiger charge is 2.30. The molecule has 2 unspecified atom stereocenters. The van der Waals surface area contributed by atoms with Crippen LogP contribution in [0.15, 0.2) is 18.2 Å². The molecule has 2 atom stereocenters. The number of halogens is 1. The molecule has 0 saturated carbocycles. The Morgan fingerprint density at radius 1 is 1.43 bits per heavy atom. The fourth-order valence-electron chi connectivity index (χ4n) is 3.40. The molecule has 0 spiro atoms. The number of benzene rings is 1. The summed E-state index contributed by atoms with van der Waals surface area (Å²) in [6.45, 7) is 4.86. The first-order chi connectivity index (χ1) is 10.2. The molecule has 114 valence electrons. The van der Waals surface area contributed by atoms with Crippen LogP contribution in [-0.2, 0) is 0 Å². The summed E-state index contributed by atoms with van der Waals surface area (Å²) in [5, 5.41) is 9.06. The number of nitriles is 1. The SMILES string of the molecule is CCCN1CCCCC(CN)C1c1ccc(F)c(C#N)c1. The summed E-state index contributed by atoms with van der Waals surface area (Å²) in [6, 6.07) is 7.08. The van der Waals surface area contributed by atoms with Crippen molar-refractivity contribution < 1.29 is 4.39 Å². The molecule has 21 heavy (non-hydrogen) atoms. The molecule has 0 aromatic heterocycles. The van der Waals surface area contributed by atoms with Crippen molar-refractivity contribution in [2.24, 2.45) is 11.7 Å². The lowest BCUT2D eigenvalue weighted by atomic mass is 9.88. The van der Waals surface area contributed by atoms with Crippen LogP contribution in [0.4, 0.5) is 4.39 Å². The van der Waals surface area contributed by atoms with Gasteiger partial charge in [-0.25, -0.2) is 4.39 Å². The van der Waals surface area contributed by atoms with Gasteiger partial charge in [-0.05, 0) is 62.5 Å². The number of hydrogen-bond donors (Lipinski definition) is 1. The van der Waals surface area contributed by atoms with E-state index >= 15 is 0 Å². The summed E-state index contributed by atoms with van der Waals surface area (Å²) < 4.78 is 13.6. The molecule has 0 radical (unpaired) electrons. The van der Waals surface area contributed by atoms with Gasteiger partial charge in [-0.2, -0.15) is 5.26 Å². The molecule has 0 amide bonds. The Morgan fingerprint density at radius 3 is 2.90 bits per heavy atom. The third-order valence-electron chi connectivity index (χ3n) is 4.38. The van der Waals surface area contributed by atoms with Gasteiger partial charge in [0.2, 0.25) is 0 Å². The van der Waals surface area contributed by atoms with Crippen molar-refractivity contribution in [3.63, 3.8) is 0 Å². The lowest BCUT2D eigenvalue weighted by molar-refractivity contribution is 0.158. The number of likely N-dealkylation sites (tertiary alicyclic amines) is 1. The molecule has 4 heteroatoms. The predicted molar refractivity (Wildman–Crippen MR) is 82.1 cm³/mol. The first-order valence-electron chi connectivity index (χ1n) is 7.85. The van der Waals surface area contributed by atoms with Gasteiger partial charge in [-0.1, -0.05) is 19.4 Å². The van der Waals surface area contributed by atoms with Gasteiger partial charge in [-0.15, -0.1) is 0 Å². The number of nitrogens with two attached hydrogens (primary N) is 1. The maximum absolute atomic E-state index is 13.6. The summed E-state index contributed by atoms with van der Waals surface area (Å²) in [7, 11) is 0. The molecule has 0 bridgehead atoms. The van der Waals surface area contributed by atoms with Crippen LogP contribution in [0.1, 0.15) is 49.8 Å². The summed E-state index contributed by atoms with van der Waals surface area (Å²) in [5.74, 6) is -0.0720. The first-order valence-corrected chi connectivity index (χ1v) is 7.85. The van der Waals surface area contributed by atoms with E-state index in [0.717, 1.165) is 31.5 Å². The largest absolute Gasteiger partial charge is 0.330 e. The standard InChI is InChI=1S/C17H24FN3/c1-2-8-21-9-4-3-5-14(11-19)17(21)13-6-7-16(18)15(10-13)12-20/h6-7,10,14,17H,2-5,8-9,11,19H2,1H3. The Morgan fingerprint density at radius 2 is 2.24 bits per heavy atom. The van der Waals surface area contributed by atoms with Gasteiger partial charge < -0.3 is 5.73 Å². The predicted octanol–water partition coefficient (Wildman–Crippen LogP) is 3.21. The molecule has 1 aromatic rings. The van der Waals surface area contributed by atoms with Gasteiger partial charge in [-0.3, -0.25) is 4.90 Å². The Balaban J connectivity index is 2.39. The van der Waals surface area contributed by atoms with Crippen LogP contribution < -0.4 is 5.73 Å². The van der Waals surface area contributed by atoms with E-state index in [1.165, 1.54) is 18.9 Å². The Kier molecular flexibility index (Phi) is 5.72. The number of hydrogen-bond acceptors (Lipinski definition) is 3. The van der Waals surface area contributed by atoms with E-state index in [1.807, 2.05) is 12.1 Å². The molecule has 1 saturated heterocycles. The molecule has 1 aromatic carbocycles. The molecule has 1 heterocycles. The topological polar surface area (TPSA) is 53.0 Å². The Hall–Kier alpha value is -1.44. The second kappa shape index (κ2) is 7.53. The fraction of sp³-hybridized carbons (Fsp3) is 0.588. The third-order valence-corrected chi connectivity index (χ3v) is 4.38. The second-order valence-corrected chi connectivity index (χ2v) is 5.82. The van der Waals surface area contributed by atoms with E-state index in [0.29, 0.717) is 12.5 Å². The van der Waals surface area contributed by atoms with Crippen molar-refractivity contribution in [2.45, 2.75) is 38.6 Å². The van der Waals surface area contributed by atoms with Crippen LogP contribution >= 0.6 is 0 Å². The Labute approximate surface area is 126 Å². The van der Waals surface area contributed by atoms with Gasteiger partial charge in [0.15, 0.2) is 0 Å². The molecule has 2 N–H and O–H groups in total. The highest BCUT2D eigenvalue weighted by Crippen LogP contribution is 2.35. The van der Waals surface area contributed by atoms with E-state index in [4.69, 9.17) is 11.0 Å². The molecule has 2 rings (SSSR count). The van der Waals surface area contributed by atoms with Gasteiger partial charge in [0.25, 0.3) is 0 Å². The van der Waals surface area contributed by atoms with Crippen molar-refractivity contribution in [3.05, 3.63) is 35.1 Å². The summed E-state index contributed by atoms with van der Waals surface area (Å²) in [4.78, 5) is 2.46. The van der Waals surface area contributed by atoms with Crippen molar-refractivity contribution in [1.29, 1.82) is 5.26 Å². The average Bonchev–Trinajstić information content (AvgIpc) is 2.70. The molecule has 0 aliphatic carbocycles. The Bertz CT molecular complexity index is 509. The van der Waals surface area contributed by atoms with Crippen molar-refractivity contribution >= 4 is 0 Å². The van der Waals surface area contributed by atoms with Gasteiger partial charge in [0.1, 0.15) is 11.9 Å². The van der Waals surface area contributed by atoms with Crippen LogP contribution in [0, 0.1) is 23.1 Å². The number of nitrogens with zero attached hydrogens (tertiary/aromatic N) is 2. The zero-order valence-electron chi connectivity index (χ0n) is 12.7. The van der Waals surface area contributed by atoms with Crippen LogP contribution in [0.5, 0.6) is 0 Å². The highest BCUT2D eigenvalue weighted by atomic mass is 19.1. The van der Waals surface area contributed by atoms with Crippen molar-refractivity contribution in [1.82, 2.24) is 4.90 Å². The maximum atomic E-state index is 13.6. The lowest BCUT2D eigenvalue weighted by Gasteiger charge is -2.35. The lowest BCUT2D eigenvalue weighted by Crippen LogP contribution is -2.36. The molecule has 1 aliphatic heterocycles. The van der Waals surface area contributed by atoms with Crippen LogP contribution in [0.25, 0.3) is 0 Å². The minimum atomic E-state index is -0.443. The normalized spacial score (nSPS) is 23.5. The quantitative estimate of drug-likeness (QED) is 0.926. The first kappa shape index (κ1) is 15.9. The van der Waals surface area contributed by atoms with Gasteiger partial charge in [0, 0.05) is 6.04 Å². The fourth-order valence-corrected chi connectivity index (χ4v) is 3.40. The van der Waals surface area contributed by atoms with Crippen molar-refractivity contribution in [3.8, 4) is 6.07 Å². The average molecular weight is 289 g/mol. The van der Waals surface area contributed by atoms with Gasteiger partial charge >= 0.3 is 0 Å². The summed E-state index contributed by atoms with van der Waals surface area (Å²) >= 11 is 0. The minimum absolute atomic E-state index is 0.129. The highest BCUT2D eigenvalue weighted by molar-refractivity contribution is 5.36. The van der Waals surface area contributed by atoms with E-state index < -0.39 is 5.82 Å². The minimum Gasteiger partial charge on any atom is -0.330 e. The smallest absolute Gasteiger partial charge is 0.140 e. The van der Waals surface area contributed by atoms with Crippen molar-refractivity contribution in [2.75, 3.05) is 19.6 Å². The van der Waals surface area contributed by atoms with E-state index in [1.54, 1.807) is 6.07 Å². The maximum Gasteiger partial charge on any atom is 0.140 e. The van der Waals surface area contributed by atoms with E-state index in [9.17, 15) is 4.39 Å².